The van der Waals surface area contributed by atoms with Gasteiger partial charge in [-0.2, -0.15) is 0 Å². The van der Waals surface area contributed by atoms with Gasteiger partial charge in [0.25, 0.3) is 0 Å². The van der Waals surface area contributed by atoms with Gasteiger partial charge >= 0.3 is 0 Å². The van der Waals surface area contributed by atoms with E-state index in [4.69, 9.17) is 22.4 Å². The van der Waals surface area contributed by atoms with Gasteiger partial charge in [0.15, 0.2) is 0 Å². The summed E-state index contributed by atoms with van der Waals surface area (Å²) in [5.41, 5.74) is 8.90. The normalized spacial score (nSPS) is 12.8. The zero-order chi connectivity index (χ0) is 12.1. The molecule has 0 saturated carbocycles. The van der Waals surface area contributed by atoms with Gasteiger partial charge in [-0.15, -0.1) is 6.04 Å². The molecule has 1 aromatic rings. The lowest BCUT2D eigenvalue weighted by Gasteiger charge is -2.16. The van der Waals surface area contributed by atoms with Gasteiger partial charge < -0.3 is 10.8 Å². The lowest BCUT2D eigenvalue weighted by molar-refractivity contribution is 0.275. The van der Waals surface area contributed by atoms with Crippen molar-refractivity contribution in [3.8, 4) is 0 Å². The summed E-state index contributed by atoms with van der Waals surface area (Å²) in [6.07, 6.45) is 2.21. The van der Waals surface area contributed by atoms with E-state index in [0.717, 1.165) is 18.4 Å². The molecule has 0 bridgehead atoms. The third kappa shape index (κ3) is 3.74. The van der Waals surface area contributed by atoms with Crippen LogP contribution in [0.2, 0.25) is 5.02 Å². The summed E-state index contributed by atoms with van der Waals surface area (Å²) in [4.78, 5) is 0. The Bertz CT molecular complexity index is 334. The standard InChI is InChI=1S/C12H16ClFNO/c1-8-5-9(6-11(13)12(8)14)3-2-4-10(15)7-16/h5-6,10,15-16H,2-4,7H2,1H3/q-1/t10-/m1/s1. The van der Waals surface area contributed by atoms with Crippen molar-refractivity contribution in [1.82, 2.24) is 0 Å². The van der Waals surface area contributed by atoms with Gasteiger partial charge in [-0.1, -0.05) is 30.5 Å². The second-order valence-electron chi connectivity index (χ2n) is 3.98. The van der Waals surface area contributed by atoms with Crippen molar-refractivity contribution in [2.24, 2.45) is 0 Å². The molecule has 0 aromatic heterocycles. The molecular formula is C12H16ClFNO-. The van der Waals surface area contributed by atoms with E-state index in [1.807, 2.05) is 0 Å². The van der Waals surface area contributed by atoms with E-state index in [1.54, 1.807) is 19.1 Å². The van der Waals surface area contributed by atoms with Crippen LogP contribution in [-0.4, -0.2) is 17.8 Å². The van der Waals surface area contributed by atoms with Crippen LogP contribution in [-0.2, 0) is 6.42 Å². The van der Waals surface area contributed by atoms with Gasteiger partial charge in [0.2, 0.25) is 0 Å². The minimum Gasteiger partial charge on any atom is -0.673 e. The van der Waals surface area contributed by atoms with Gasteiger partial charge in [-0.25, -0.2) is 4.39 Å². The highest BCUT2D eigenvalue weighted by Gasteiger charge is 2.05. The van der Waals surface area contributed by atoms with E-state index >= 15 is 0 Å². The van der Waals surface area contributed by atoms with Crippen molar-refractivity contribution in [2.75, 3.05) is 6.61 Å². The molecule has 90 valence electrons. The van der Waals surface area contributed by atoms with Crippen molar-refractivity contribution in [3.63, 3.8) is 0 Å². The first-order valence-corrected chi connectivity index (χ1v) is 5.69. The highest BCUT2D eigenvalue weighted by molar-refractivity contribution is 6.30. The molecule has 1 aromatic carbocycles. The van der Waals surface area contributed by atoms with Crippen molar-refractivity contribution < 1.29 is 9.50 Å². The molecule has 1 atom stereocenters. The Morgan fingerprint density at radius 3 is 2.75 bits per heavy atom. The van der Waals surface area contributed by atoms with Gasteiger partial charge in [0.1, 0.15) is 5.82 Å². The highest BCUT2D eigenvalue weighted by Crippen LogP contribution is 2.21. The van der Waals surface area contributed by atoms with Crippen LogP contribution in [0.3, 0.4) is 0 Å². The van der Waals surface area contributed by atoms with Crippen LogP contribution in [0.1, 0.15) is 24.0 Å². The molecule has 0 spiro atoms. The van der Waals surface area contributed by atoms with Gasteiger partial charge in [0.05, 0.1) is 5.02 Å². The summed E-state index contributed by atoms with van der Waals surface area (Å²) in [5, 5.41) is 8.85. The predicted octanol–water partition coefficient (Wildman–Crippen LogP) is 3.52. The molecule has 0 unspecified atom stereocenters. The maximum Gasteiger partial charge on any atom is 0.144 e. The Balaban J connectivity index is 2.55. The Morgan fingerprint density at radius 2 is 2.19 bits per heavy atom. The van der Waals surface area contributed by atoms with Crippen LogP contribution >= 0.6 is 11.6 Å². The minimum absolute atomic E-state index is 0.108. The fourth-order valence-electron chi connectivity index (χ4n) is 1.59. The number of nitrogens with one attached hydrogen (secondary N) is 1. The first-order valence-electron chi connectivity index (χ1n) is 5.31. The number of aryl methyl sites for hydroxylation is 2. The SMILES string of the molecule is Cc1cc(CCC[C@@H]([NH-])CO)cc(Cl)c1F. The molecule has 0 amide bonds. The van der Waals surface area contributed by atoms with Crippen LogP contribution in [0.25, 0.3) is 5.73 Å². The lowest BCUT2D eigenvalue weighted by atomic mass is 10.0. The molecule has 0 saturated heterocycles. The van der Waals surface area contributed by atoms with E-state index in [9.17, 15) is 4.39 Å². The Morgan fingerprint density at radius 1 is 1.50 bits per heavy atom. The van der Waals surface area contributed by atoms with Gasteiger partial charge in [0, 0.05) is 6.61 Å². The van der Waals surface area contributed by atoms with Crippen molar-refractivity contribution in [1.29, 1.82) is 0 Å². The summed E-state index contributed by atoms with van der Waals surface area (Å²) in [6.45, 7) is 1.58. The van der Waals surface area contributed by atoms with Crippen LogP contribution in [0.15, 0.2) is 12.1 Å². The number of halogens is 2. The molecule has 0 aliphatic rings. The molecule has 2 N–H and O–H groups in total. The number of aliphatic hydroxyl groups is 1. The smallest absolute Gasteiger partial charge is 0.144 e. The summed E-state index contributed by atoms with van der Waals surface area (Å²) in [5.74, 6) is -0.362. The van der Waals surface area contributed by atoms with Crippen LogP contribution < -0.4 is 0 Å². The number of rotatable bonds is 5. The maximum atomic E-state index is 13.2. The zero-order valence-corrected chi connectivity index (χ0v) is 10.0. The Hall–Kier alpha value is -0.640. The highest BCUT2D eigenvalue weighted by atomic mass is 35.5. The fraction of sp³-hybridized carbons (Fsp3) is 0.500. The number of hydrogen-bond acceptors (Lipinski definition) is 1. The van der Waals surface area contributed by atoms with Crippen molar-refractivity contribution >= 4 is 11.6 Å². The molecule has 0 fully saturated rings. The minimum atomic E-state index is -0.419. The second kappa shape index (κ2) is 6.18. The molecule has 1 rings (SSSR count). The van der Waals surface area contributed by atoms with Gasteiger partial charge in [-0.3, -0.25) is 0 Å². The molecule has 16 heavy (non-hydrogen) atoms. The third-order valence-electron chi connectivity index (χ3n) is 2.51. The van der Waals surface area contributed by atoms with E-state index in [1.165, 1.54) is 0 Å². The molecule has 0 heterocycles. The molecule has 0 aliphatic heterocycles. The second-order valence-corrected chi connectivity index (χ2v) is 4.39. The average Bonchev–Trinajstić information content (AvgIpc) is 2.25. The summed E-state index contributed by atoms with van der Waals surface area (Å²) in [7, 11) is 0. The predicted molar refractivity (Wildman–Crippen MR) is 64.3 cm³/mol. The van der Waals surface area contributed by atoms with E-state index in [2.05, 4.69) is 0 Å². The molecular weight excluding hydrogens is 229 g/mol. The lowest BCUT2D eigenvalue weighted by Crippen LogP contribution is -2.06. The quantitative estimate of drug-likeness (QED) is 0.846. The van der Waals surface area contributed by atoms with Crippen LogP contribution in [0.5, 0.6) is 0 Å². The van der Waals surface area contributed by atoms with Crippen LogP contribution in [0.4, 0.5) is 4.39 Å². The van der Waals surface area contributed by atoms with Gasteiger partial charge in [-0.05, 0) is 30.5 Å². The summed E-state index contributed by atoms with van der Waals surface area (Å²) >= 11 is 5.74. The largest absolute Gasteiger partial charge is 0.673 e. The van der Waals surface area contributed by atoms with E-state index < -0.39 is 6.04 Å². The van der Waals surface area contributed by atoms with Crippen LogP contribution in [0, 0.1) is 12.7 Å². The summed E-state index contributed by atoms with van der Waals surface area (Å²) in [6, 6.07) is 2.98. The molecule has 2 nitrogen and oxygen atoms in total. The van der Waals surface area contributed by atoms with E-state index in [0.29, 0.717) is 12.0 Å². The Labute approximate surface area is 100 Å². The summed E-state index contributed by atoms with van der Waals surface area (Å²) < 4.78 is 13.2. The average molecular weight is 245 g/mol. The number of hydrogen-bond donors (Lipinski definition) is 1. The fourth-order valence-corrected chi connectivity index (χ4v) is 1.88. The zero-order valence-electron chi connectivity index (χ0n) is 9.26. The topological polar surface area (TPSA) is 44.0 Å². The van der Waals surface area contributed by atoms with Crippen molar-refractivity contribution in [3.05, 3.63) is 39.8 Å². The van der Waals surface area contributed by atoms with Crippen molar-refractivity contribution in [2.45, 2.75) is 32.2 Å². The molecule has 0 aliphatic carbocycles. The monoisotopic (exact) mass is 244 g/mol. The Kier molecular flexibility index (Phi) is 5.19. The number of benzene rings is 1. The molecule has 4 heteroatoms. The molecule has 0 radical (unpaired) electrons. The maximum absolute atomic E-state index is 13.2. The first kappa shape index (κ1) is 13.4. The third-order valence-corrected chi connectivity index (χ3v) is 2.78. The van der Waals surface area contributed by atoms with E-state index in [-0.39, 0.29) is 17.4 Å². The number of aliphatic hydroxyl groups excluding tert-OH is 1. The first-order chi connectivity index (χ1) is 7.54.